The van der Waals surface area contributed by atoms with Crippen LogP contribution >= 0.6 is 11.6 Å². The summed E-state index contributed by atoms with van der Waals surface area (Å²) in [5.74, 6) is -3.16. The number of sulfone groups is 1. The van der Waals surface area contributed by atoms with Crippen LogP contribution in [0.1, 0.15) is 15.9 Å². The summed E-state index contributed by atoms with van der Waals surface area (Å²) < 4.78 is 62.7. The van der Waals surface area contributed by atoms with Gasteiger partial charge >= 0.3 is 12.1 Å². The normalized spacial score (nSPS) is 22.7. The van der Waals surface area contributed by atoms with Gasteiger partial charge in [-0.2, -0.15) is 13.2 Å². The fourth-order valence-electron chi connectivity index (χ4n) is 2.80. The molecule has 1 N–H and O–H groups in total. The number of halogens is 4. The lowest BCUT2D eigenvalue weighted by atomic mass is 10.1. The molecule has 134 valence electrons. The predicted octanol–water partition coefficient (Wildman–Crippen LogP) is 2.45. The van der Waals surface area contributed by atoms with Gasteiger partial charge in [-0.05, 0) is 23.8 Å². The lowest BCUT2D eigenvalue weighted by Crippen LogP contribution is -2.37. The Balaban J connectivity index is 2.26. The van der Waals surface area contributed by atoms with E-state index in [0.717, 1.165) is 6.26 Å². The Labute approximate surface area is 141 Å². The highest BCUT2D eigenvalue weighted by Crippen LogP contribution is 2.37. The van der Waals surface area contributed by atoms with Crippen molar-refractivity contribution < 1.29 is 31.5 Å². The van der Waals surface area contributed by atoms with Crippen molar-refractivity contribution in [3.8, 4) is 0 Å². The zero-order valence-corrected chi connectivity index (χ0v) is 14.1. The van der Waals surface area contributed by atoms with Gasteiger partial charge in [0.15, 0.2) is 9.84 Å². The molecular formula is C14H15ClF3NO4S. The van der Waals surface area contributed by atoms with Crippen molar-refractivity contribution in [2.45, 2.75) is 18.0 Å². The summed E-state index contributed by atoms with van der Waals surface area (Å²) in [6, 6.07) is 3.92. The van der Waals surface area contributed by atoms with Crippen LogP contribution in [0.5, 0.6) is 0 Å². The molecule has 0 aromatic heterocycles. The fourth-order valence-corrected chi connectivity index (χ4v) is 4.30. The standard InChI is InChI=1S/C14H15ClF3NO4S/c1-24(22,23)12-7-19(6-10(12)14(16,17)18)5-9-4-8(13(20)21)2-3-11(9)15/h2-4,10,12H,5-7H2,1H3,(H,20,21)/t10-,12-/m1/s1. The molecule has 2 atom stereocenters. The summed E-state index contributed by atoms with van der Waals surface area (Å²) in [6.07, 6.45) is -3.84. The maximum absolute atomic E-state index is 13.1. The zero-order chi connectivity index (χ0) is 18.3. The van der Waals surface area contributed by atoms with Crippen LogP contribution in [0.2, 0.25) is 5.02 Å². The van der Waals surface area contributed by atoms with Gasteiger partial charge in [0, 0.05) is 30.9 Å². The lowest BCUT2D eigenvalue weighted by Gasteiger charge is -2.19. The molecule has 1 saturated heterocycles. The molecular weight excluding hydrogens is 371 g/mol. The molecule has 1 fully saturated rings. The minimum atomic E-state index is -4.63. The SMILES string of the molecule is CS(=O)(=O)[C@@H]1CN(Cc2cc(C(=O)O)ccc2Cl)C[C@H]1C(F)(F)F. The molecule has 1 aliphatic rings. The van der Waals surface area contributed by atoms with E-state index in [0.29, 0.717) is 5.56 Å². The van der Waals surface area contributed by atoms with Crippen LogP contribution in [0.25, 0.3) is 0 Å². The highest BCUT2D eigenvalue weighted by molar-refractivity contribution is 7.91. The first kappa shape index (κ1) is 19.0. The van der Waals surface area contributed by atoms with E-state index < -0.39 is 39.7 Å². The molecule has 0 radical (unpaired) electrons. The molecule has 2 rings (SSSR count). The number of aromatic carboxylic acids is 1. The number of carbonyl (C=O) groups is 1. The second kappa shape index (κ2) is 6.53. The second-order valence-corrected chi connectivity index (χ2v) is 8.49. The molecule has 1 heterocycles. The molecule has 1 aromatic carbocycles. The lowest BCUT2D eigenvalue weighted by molar-refractivity contribution is -0.169. The highest BCUT2D eigenvalue weighted by atomic mass is 35.5. The first-order chi connectivity index (χ1) is 10.9. The van der Waals surface area contributed by atoms with Crippen LogP contribution in [-0.2, 0) is 16.4 Å². The minimum absolute atomic E-state index is 0.0411. The summed E-state index contributed by atoms with van der Waals surface area (Å²) in [6.45, 7) is -0.815. The molecule has 0 saturated carbocycles. The number of likely N-dealkylation sites (tertiary alicyclic amines) is 1. The average Bonchev–Trinajstić information content (AvgIpc) is 2.85. The summed E-state index contributed by atoms with van der Waals surface area (Å²) >= 11 is 5.97. The van der Waals surface area contributed by atoms with Gasteiger partial charge in [0.2, 0.25) is 0 Å². The summed E-state index contributed by atoms with van der Waals surface area (Å²) in [4.78, 5) is 12.3. The molecule has 5 nitrogen and oxygen atoms in total. The van der Waals surface area contributed by atoms with Crippen molar-refractivity contribution in [2.24, 2.45) is 5.92 Å². The van der Waals surface area contributed by atoms with E-state index in [1.165, 1.54) is 23.1 Å². The highest BCUT2D eigenvalue weighted by Gasteiger charge is 2.53. The molecule has 1 aliphatic heterocycles. The quantitative estimate of drug-likeness (QED) is 0.861. The summed E-state index contributed by atoms with van der Waals surface area (Å²) in [5.41, 5.74) is 0.298. The number of alkyl halides is 3. The summed E-state index contributed by atoms with van der Waals surface area (Å²) in [7, 11) is -3.88. The number of rotatable bonds is 4. The molecule has 0 aliphatic carbocycles. The average molecular weight is 386 g/mol. The van der Waals surface area contributed by atoms with Crippen molar-refractivity contribution in [3.05, 3.63) is 34.3 Å². The number of carboxylic acids is 1. The number of carboxylic acid groups (broad SMARTS) is 1. The summed E-state index contributed by atoms with van der Waals surface area (Å²) in [5, 5.41) is 7.65. The van der Waals surface area contributed by atoms with Crippen LogP contribution in [0.3, 0.4) is 0 Å². The van der Waals surface area contributed by atoms with Crippen molar-refractivity contribution in [1.29, 1.82) is 0 Å². The van der Waals surface area contributed by atoms with Gasteiger partial charge in [-0.15, -0.1) is 0 Å². The Kier molecular flexibility index (Phi) is 5.17. The second-order valence-electron chi connectivity index (χ2n) is 5.82. The molecule has 0 amide bonds. The molecule has 1 aromatic rings. The van der Waals surface area contributed by atoms with E-state index in [9.17, 15) is 26.4 Å². The van der Waals surface area contributed by atoms with E-state index in [-0.39, 0.29) is 23.7 Å². The van der Waals surface area contributed by atoms with Crippen LogP contribution in [0.4, 0.5) is 13.2 Å². The van der Waals surface area contributed by atoms with Gasteiger partial charge < -0.3 is 5.11 Å². The third-order valence-electron chi connectivity index (χ3n) is 4.00. The Hall–Kier alpha value is -1.32. The molecule has 24 heavy (non-hydrogen) atoms. The van der Waals surface area contributed by atoms with E-state index in [2.05, 4.69) is 0 Å². The van der Waals surface area contributed by atoms with Crippen molar-refractivity contribution in [2.75, 3.05) is 19.3 Å². The number of benzene rings is 1. The Bertz CT molecular complexity index is 751. The van der Waals surface area contributed by atoms with Crippen LogP contribution < -0.4 is 0 Å². The van der Waals surface area contributed by atoms with Gasteiger partial charge in [-0.3, -0.25) is 4.90 Å². The Morgan fingerprint density at radius 2 is 2.00 bits per heavy atom. The van der Waals surface area contributed by atoms with Gasteiger partial charge in [-0.1, -0.05) is 11.6 Å². The van der Waals surface area contributed by atoms with E-state index >= 15 is 0 Å². The number of hydrogen-bond acceptors (Lipinski definition) is 4. The van der Waals surface area contributed by atoms with Crippen LogP contribution in [-0.4, -0.2) is 55.2 Å². The number of nitrogens with zero attached hydrogens (tertiary/aromatic N) is 1. The smallest absolute Gasteiger partial charge is 0.394 e. The van der Waals surface area contributed by atoms with E-state index in [1.807, 2.05) is 0 Å². The molecule has 0 spiro atoms. The van der Waals surface area contributed by atoms with E-state index in [4.69, 9.17) is 16.7 Å². The molecule has 0 bridgehead atoms. The Morgan fingerprint density at radius 3 is 2.46 bits per heavy atom. The Morgan fingerprint density at radius 1 is 1.38 bits per heavy atom. The largest absolute Gasteiger partial charge is 0.478 e. The first-order valence-corrected chi connectivity index (χ1v) is 9.22. The maximum Gasteiger partial charge on any atom is 0.394 e. The third-order valence-corrected chi connectivity index (χ3v) is 5.95. The minimum Gasteiger partial charge on any atom is -0.478 e. The third kappa shape index (κ3) is 4.20. The van der Waals surface area contributed by atoms with E-state index in [1.54, 1.807) is 0 Å². The van der Waals surface area contributed by atoms with Crippen molar-refractivity contribution in [3.63, 3.8) is 0 Å². The monoisotopic (exact) mass is 385 g/mol. The predicted molar refractivity (Wildman–Crippen MR) is 81.9 cm³/mol. The topological polar surface area (TPSA) is 74.7 Å². The van der Waals surface area contributed by atoms with Crippen LogP contribution in [0, 0.1) is 5.92 Å². The first-order valence-electron chi connectivity index (χ1n) is 6.89. The fraction of sp³-hybridized carbons (Fsp3) is 0.500. The van der Waals surface area contributed by atoms with Gasteiger partial charge in [0.25, 0.3) is 0 Å². The molecule has 0 unspecified atom stereocenters. The number of hydrogen-bond donors (Lipinski definition) is 1. The van der Waals surface area contributed by atoms with Crippen molar-refractivity contribution >= 4 is 27.4 Å². The van der Waals surface area contributed by atoms with Gasteiger partial charge in [0.1, 0.15) is 0 Å². The van der Waals surface area contributed by atoms with Crippen LogP contribution in [0.15, 0.2) is 18.2 Å². The van der Waals surface area contributed by atoms with Gasteiger partial charge in [0.05, 0.1) is 16.7 Å². The molecule has 10 heteroatoms. The maximum atomic E-state index is 13.1. The van der Waals surface area contributed by atoms with Crippen molar-refractivity contribution in [1.82, 2.24) is 4.90 Å². The van der Waals surface area contributed by atoms with Gasteiger partial charge in [-0.25, -0.2) is 13.2 Å². The zero-order valence-electron chi connectivity index (χ0n) is 12.5.